The molecule has 136 valence electrons. The Balaban J connectivity index is 1.90. The van der Waals surface area contributed by atoms with Crippen LogP contribution in [0.5, 0.6) is 0 Å². The van der Waals surface area contributed by atoms with Crippen molar-refractivity contribution in [1.29, 1.82) is 0 Å². The lowest BCUT2D eigenvalue weighted by atomic mass is 10.3. The molecule has 10 heteroatoms. The highest BCUT2D eigenvalue weighted by Crippen LogP contribution is 2.19. The molecular formula is C16H18N6O2S2. The van der Waals surface area contributed by atoms with Gasteiger partial charge < -0.3 is 9.88 Å². The van der Waals surface area contributed by atoms with Crippen LogP contribution in [-0.4, -0.2) is 29.8 Å². The number of thiazole rings is 1. The molecule has 3 aromatic heterocycles. The van der Waals surface area contributed by atoms with Crippen LogP contribution in [0.1, 0.15) is 11.4 Å². The molecule has 0 atom stereocenters. The summed E-state index contributed by atoms with van der Waals surface area (Å²) in [6.07, 6.45) is 3.06. The Hall–Kier alpha value is -2.59. The van der Waals surface area contributed by atoms with E-state index < -0.39 is 0 Å². The van der Waals surface area contributed by atoms with Crippen molar-refractivity contribution in [3.8, 4) is 0 Å². The Bertz CT molecular complexity index is 1130. The van der Waals surface area contributed by atoms with Gasteiger partial charge in [-0.1, -0.05) is 17.4 Å². The monoisotopic (exact) mass is 390 g/mol. The number of carbonyl (C=O) groups is 1. The maximum atomic E-state index is 12.7. The number of anilines is 1. The number of nitrogens with one attached hydrogen (secondary N) is 1. The second-order valence-corrected chi connectivity index (χ2v) is 7.46. The molecular weight excluding hydrogens is 372 g/mol. The van der Waals surface area contributed by atoms with Gasteiger partial charge in [0.25, 0.3) is 5.56 Å². The summed E-state index contributed by atoms with van der Waals surface area (Å²) < 4.78 is 5.70. The van der Waals surface area contributed by atoms with Gasteiger partial charge in [0.2, 0.25) is 5.91 Å². The summed E-state index contributed by atoms with van der Waals surface area (Å²) in [7, 11) is 1.81. The van der Waals surface area contributed by atoms with Gasteiger partial charge in [-0.2, -0.15) is 5.10 Å². The molecule has 0 fully saturated rings. The minimum atomic E-state index is -0.318. The van der Waals surface area contributed by atoms with E-state index in [0.29, 0.717) is 26.5 Å². The van der Waals surface area contributed by atoms with E-state index in [2.05, 4.69) is 22.0 Å². The minimum Gasteiger partial charge on any atom is -0.321 e. The van der Waals surface area contributed by atoms with Gasteiger partial charge in [0.1, 0.15) is 17.6 Å². The van der Waals surface area contributed by atoms with E-state index in [1.54, 1.807) is 15.3 Å². The highest BCUT2D eigenvalue weighted by molar-refractivity contribution is 7.73. The van der Waals surface area contributed by atoms with Crippen molar-refractivity contribution < 1.29 is 4.79 Å². The lowest BCUT2D eigenvalue weighted by molar-refractivity contribution is -0.116. The van der Waals surface area contributed by atoms with Crippen molar-refractivity contribution in [2.45, 2.75) is 26.9 Å². The number of aryl methyl sites for hydroxylation is 2. The number of hydrogen-bond acceptors (Lipinski definition) is 6. The lowest BCUT2D eigenvalue weighted by Gasteiger charge is -2.08. The normalized spacial score (nSPS) is 11.0. The predicted octanol–water partition coefficient (Wildman–Crippen LogP) is 2.16. The van der Waals surface area contributed by atoms with Crippen LogP contribution in [0.3, 0.4) is 0 Å². The molecule has 0 aliphatic rings. The Kier molecular flexibility index (Phi) is 4.88. The molecule has 26 heavy (non-hydrogen) atoms. The fourth-order valence-electron chi connectivity index (χ4n) is 2.66. The quantitative estimate of drug-likeness (QED) is 0.533. The second-order valence-electron chi connectivity index (χ2n) is 5.82. The summed E-state index contributed by atoms with van der Waals surface area (Å²) in [5.41, 5.74) is 2.45. The van der Waals surface area contributed by atoms with E-state index in [0.717, 1.165) is 11.4 Å². The molecule has 3 heterocycles. The first-order chi connectivity index (χ1) is 12.3. The topological polar surface area (TPSA) is 86.7 Å². The Morgan fingerprint density at radius 1 is 1.46 bits per heavy atom. The van der Waals surface area contributed by atoms with E-state index in [1.807, 2.05) is 20.9 Å². The van der Waals surface area contributed by atoms with Crippen LogP contribution < -0.4 is 10.9 Å². The molecule has 0 unspecified atom stereocenters. The first-order valence-corrected chi connectivity index (χ1v) is 9.05. The summed E-state index contributed by atoms with van der Waals surface area (Å²) in [5.74, 6) is -0.318. The Morgan fingerprint density at radius 2 is 2.19 bits per heavy atom. The van der Waals surface area contributed by atoms with E-state index in [9.17, 15) is 9.59 Å². The molecule has 3 rings (SSSR count). The van der Waals surface area contributed by atoms with Crippen molar-refractivity contribution >= 4 is 45.5 Å². The number of nitrogens with zero attached hydrogens (tertiary/aromatic N) is 5. The number of allylic oxidation sites excluding steroid dienone is 1. The summed E-state index contributed by atoms with van der Waals surface area (Å²) in [6, 6.07) is 0. The van der Waals surface area contributed by atoms with Gasteiger partial charge in [-0.3, -0.25) is 18.8 Å². The third-order valence-corrected chi connectivity index (χ3v) is 5.47. The SMILES string of the molecule is C=CCn1c(=S)sc2c(=O)n(CC(=O)Nc3c(C)nn(C)c3C)cnc21. The van der Waals surface area contributed by atoms with Crippen molar-refractivity contribution in [1.82, 2.24) is 23.9 Å². The molecule has 1 N–H and O–H groups in total. The van der Waals surface area contributed by atoms with Gasteiger partial charge in [-0.15, -0.1) is 6.58 Å². The van der Waals surface area contributed by atoms with Crippen LogP contribution in [0, 0.1) is 17.8 Å². The molecule has 8 nitrogen and oxygen atoms in total. The number of fused-ring (bicyclic) bond motifs is 1. The third kappa shape index (κ3) is 3.13. The Labute approximate surface area is 158 Å². The number of amides is 1. The molecule has 1 amide bonds. The highest BCUT2D eigenvalue weighted by Gasteiger charge is 2.16. The maximum absolute atomic E-state index is 12.7. The van der Waals surface area contributed by atoms with Gasteiger partial charge >= 0.3 is 0 Å². The number of rotatable bonds is 5. The fourth-order valence-corrected chi connectivity index (χ4v) is 3.98. The third-order valence-electron chi connectivity index (χ3n) is 4.04. The number of hydrogen-bond donors (Lipinski definition) is 1. The fraction of sp³-hybridized carbons (Fsp3) is 0.312. The van der Waals surface area contributed by atoms with Gasteiger partial charge in [0.05, 0.1) is 17.1 Å². The molecule has 0 saturated heterocycles. The highest BCUT2D eigenvalue weighted by atomic mass is 32.1. The van der Waals surface area contributed by atoms with E-state index in [4.69, 9.17) is 12.2 Å². The van der Waals surface area contributed by atoms with E-state index >= 15 is 0 Å². The van der Waals surface area contributed by atoms with Crippen molar-refractivity contribution in [2.75, 3.05) is 5.32 Å². The second kappa shape index (κ2) is 6.96. The lowest BCUT2D eigenvalue weighted by Crippen LogP contribution is -2.28. The van der Waals surface area contributed by atoms with Crippen molar-refractivity contribution in [2.24, 2.45) is 7.05 Å². The first-order valence-electron chi connectivity index (χ1n) is 7.83. The molecule has 0 radical (unpaired) electrons. The Morgan fingerprint density at radius 3 is 2.81 bits per heavy atom. The number of aromatic nitrogens is 5. The summed E-state index contributed by atoms with van der Waals surface area (Å²) >= 11 is 6.47. The molecule has 3 aromatic rings. The standard InChI is InChI=1S/C16H18N6O2S2/c1-5-6-22-14-13(26-16(22)25)15(24)21(8-17-14)7-11(23)18-12-9(2)19-20(4)10(12)3/h5,8H,1,6-7H2,2-4H3,(H,18,23). The zero-order valence-corrected chi connectivity index (χ0v) is 16.3. The minimum absolute atomic E-state index is 0.137. The van der Waals surface area contributed by atoms with Gasteiger partial charge in [0, 0.05) is 13.6 Å². The van der Waals surface area contributed by atoms with Crippen LogP contribution >= 0.6 is 23.6 Å². The smallest absolute Gasteiger partial charge is 0.273 e. The summed E-state index contributed by atoms with van der Waals surface area (Å²) in [5, 5.41) is 7.07. The van der Waals surface area contributed by atoms with Crippen molar-refractivity contribution in [3.05, 3.63) is 44.7 Å². The van der Waals surface area contributed by atoms with E-state index in [-0.39, 0.29) is 18.0 Å². The van der Waals surface area contributed by atoms with Crippen LogP contribution in [0.15, 0.2) is 23.8 Å². The first kappa shape index (κ1) is 18.2. The summed E-state index contributed by atoms with van der Waals surface area (Å²) in [4.78, 5) is 29.4. The zero-order valence-electron chi connectivity index (χ0n) is 14.6. The molecule has 0 spiro atoms. The molecule has 0 aromatic carbocycles. The van der Waals surface area contributed by atoms with Gasteiger partial charge in [-0.25, -0.2) is 4.98 Å². The van der Waals surface area contributed by atoms with E-state index in [1.165, 1.54) is 22.2 Å². The van der Waals surface area contributed by atoms with Crippen LogP contribution in [0.4, 0.5) is 5.69 Å². The predicted molar refractivity (Wildman–Crippen MR) is 104 cm³/mol. The van der Waals surface area contributed by atoms with Crippen molar-refractivity contribution in [3.63, 3.8) is 0 Å². The number of carbonyl (C=O) groups excluding carboxylic acids is 1. The van der Waals surface area contributed by atoms with Gasteiger partial charge in [-0.05, 0) is 26.1 Å². The molecule has 0 aliphatic heterocycles. The average molecular weight is 390 g/mol. The zero-order chi connectivity index (χ0) is 19.0. The largest absolute Gasteiger partial charge is 0.321 e. The average Bonchev–Trinajstić information content (AvgIpc) is 3.03. The van der Waals surface area contributed by atoms with Crippen LogP contribution in [-0.2, 0) is 24.9 Å². The van der Waals surface area contributed by atoms with Crippen LogP contribution in [0.25, 0.3) is 10.3 Å². The maximum Gasteiger partial charge on any atom is 0.273 e. The molecule has 0 aliphatic carbocycles. The molecule has 0 saturated carbocycles. The summed E-state index contributed by atoms with van der Waals surface area (Å²) in [6.45, 7) is 7.71. The molecule has 0 bridgehead atoms. The van der Waals surface area contributed by atoms with Crippen LogP contribution in [0.2, 0.25) is 0 Å². The van der Waals surface area contributed by atoms with Gasteiger partial charge in [0.15, 0.2) is 9.60 Å².